The fourth-order valence-corrected chi connectivity index (χ4v) is 2.34. The number of aromatic nitrogens is 1. The highest BCUT2D eigenvalue weighted by Gasteiger charge is 2.30. The molecule has 1 aromatic heterocycles. The largest absolute Gasteiger partial charge is 0.491 e. The van der Waals surface area contributed by atoms with Gasteiger partial charge in [-0.05, 0) is 31.9 Å². The van der Waals surface area contributed by atoms with E-state index in [9.17, 15) is 9.59 Å². The Hall–Kier alpha value is -2.11. The lowest BCUT2D eigenvalue weighted by atomic mass is 9.98. The number of carbonyl (C=O) groups excluding carboxylic acids is 1. The van der Waals surface area contributed by atoms with Crippen molar-refractivity contribution in [2.45, 2.75) is 19.8 Å². The minimum Gasteiger partial charge on any atom is -0.491 e. The standard InChI is InChI=1S/C14H18N2O4/c1-2-20-11-6-3-7-15-12(11)13(17)16-8-4-5-10(9-16)14(18)19/h3,6-7,10H,2,4-5,8-9H2,1H3,(H,18,19). The molecule has 1 saturated heterocycles. The van der Waals surface area contributed by atoms with E-state index in [4.69, 9.17) is 9.84 Å². The number of amides is 1. The number of likely N-dealkylation sites (tertiary alicyclic amines) is 1. The van der Waals surface area contributed by atoms with Crippen LogP contribution in [0, 0.1) is 5.92 Å². The van der Waals surface area contributed by atoms with Crippen LogP contribution in [-0.4, -0.2) is 46.6 Å². The third-order valence-electron chi connectivity index (χ3n) is 3.33. The Morgan fingerprint density at radius 3 is 3.05 bits per heavy atom. The monoisotopic (exact) mass is 278 g/mol. The van der Waals surface area contributed by atoms with Gasteiger partial charge in [0.1, 0.15) is 0 Å². The number of pyridine rings is 1. The molecule has 0 spiro atoms. The van der Waals surface area contributed by atoms with Gasteiger partial charge in [-0.3, -0.25) is 9.59 Å². The second kappa shape index (κ2) is 6.36. The van der Waals surface area contributed by atoms with Crippen LogP contribution in [0.4, 0.5) is 0 Å². The van der Waals surface area contributed by atoms with Gasteiger partial charge < -0.3 is 14.7 Å². The van der Waals surface area contributed by atoms with Crippen LogP contribution in [-0.2, 0) is 4.79 Å². The fourth-order valence-electron chi connectivity index (χ4n) is 2.34. The van der Waals surface area contributed by atoms with Gasteiger partial charge in [0.2, 0.25) is 0 Å². The second-order valence-corrected chi connectivity index (χ2v) is 4.71. The zero-order chi connectivity index (χ0) is 14.5. The number of ether oxygens (including phenoxy) is 1. The Kier molecular flexibility index (Phi) is 4.55. The van der Waals surface area contributed by atoms with Crippen LogP contribution in [0.25, 0.3) is 0 Å². The first-order valence-corrected chi connectivity index (χ1v) is 6.73. The molecule has 1 unspecified atom stereocenters. The van der Waals surface area contributed by atoms with Gasteiger partial charge in [0.15, 0.2) is 11.4 Å². The maximum Gasteiger partial charge on any atom is 0.308 e. The van der Waals surface area contributed by atoms with Gasteiger partial charge in [-0.1, -0.05) is 0 Å². The number of nitrogens with zero attached hydrogens (tertiary/aromatic N) is 2. The predicted molar refractivity (Wildman–Crippen MR) is 71.7 cm³/mol. The summed E-state index contributed by atoms with van der Waals surface area (Å²) >= 11 is 0. The van der Waals surface area contributed by atoms with Crippen molar-refractivity contribution < 1.29 is 19.4 Å². The normalized spacial score (nSPS) is 18.6. The molecule has 6 nitrogen and oxygen atoms in total. The summed E-state index contributed by atoms with van der Waals surface area (Å²) in [7, 11) is 0. The Labute approximate surface area is 117 Å². The molecule has 1 aliphatic heterocycles. The van der Waals surface area contributed by atoms with E-state index in [2.05, 4.69) is 4.98 Å². The van der Waals surface area contributed by atoms with Gasteiger partial charge in [0.25, 0.3) is 5.91 Å². The molecule has 0 saturated carbocycles. The molecule has 2 heterocycles. The number of carbonyl (C=O) groups is 2. The molecule has 1 fully saturated rings. The summed E-state index contributed by atoms with van der Waals surface area (Å²) in [5.74, 6) is -1.17. The topological polar surface area (TPSA) is 79.7 Å². The molecule has 1 N–H and O–H groups in total. The van der Waals surface area contributed by atoms with Crippen molar-refractivity contribution in [2.24, 2.45) is 5.92 Å². The second-order valence-electron chi connectivity index (χ2n) is 4.71. The van der Waals surface area contributed by atoms with Crippen LogP contribution >= 0.6 is 0 Å². The van der Waals surface area contributed by atoms with Crippen molar-refractivity contribution in [1.82, 2.24) is 9.88 Å². The molecule has 108 valence electrons. The van der Waals surface area contributed by atoms with Crippen molar-refractivity contribution in [2.75, 3.05) is 19.7 Å². The first-order chi connectivity index (χ1) is 9.63. The van der Waals surface area contributed by atoms with Crippen molar-refractivity contribution in [3.8, 4) is 5.75 Å². The fraction of sp³-hybridized carbons (Fsp3) is 0.500. The smallest absolute Gasteiger partial charge is 0.308 e. The number of rotatable bonds is 4. The van der Waals surface area contributed by atoms with Crippen LogP contribution < -0.4 is 4.74 Å². The Bertz CT molecular complexity index is 504. The Morgan fingerprint density at radius 1 is 1.55 bits per heavy atom. The zero-order valence-corrected chi connectivity index (χ0v) is 11.4. The van der Waals surface area contributed by atoms with Crippen LogP contribution in [0.1, 0.15) is 30.3 Å². The molecule has 1 amide bonds. The van der Waals surface area contributed by atoms with Crippen molar-refractivity contribution in [1.29, 1.82) is 0 Å². The number of aliphatic carboxylic acids is 1. The number of hydrogen-bond donors (Lipinski definition) is 1. The van der Waals surface area contributed by atoms with E-state index >= 15 is 0 Å². The maximum atomic E-state index is 12.5. The van der Waals surface area contributed by atoms with E-state index in [0.717, 1.165) is 0 Å². The van der Waals surface area contributed by atoms with Crippen molar-refractivity contribution in [3.05, 3.63) is 24.0 Å². The van der Waals surface area contributed by atoms with E-state index in [1.807, 2.05) is 6.92 Å². The summed E-state index contributed by atoms with van der Waals surface area (Å²) in [4.78, 5) is 29.1. The highest BCUT2D eigenvalue weighted by Crippen LogP contribution is 2.22. The molecule has 1 aliphatic rings. The lowest BCUT2D eigenvalue weighted by Gasteiger charge is -2.30. The lowest BCUT2D eigenvalue weighted by Crippen LogP contribution is -2.42. The third-order valence-corrected chi connectivity index (χ3v) is 3.33. The van der Waals surface area contributed by atoms with Gasteiger partial charge in [-0.2, -0.15) is 0 Å². The summed E-state index contributed by atoms with van der Waals surface area (Å²) in [6.45, 7) is 3.08. The Balaban J connectivity index is 2.16. The van der Waals surface area contributed by atoms with Gasteiger partial charge in [0, 0.05) is 19.3 Å². The number of carboxylic acids is 1. The molecule has 1 atom stereocenters. The molecular weight excluding hydrogens is 260 g/mol. The molecule has 20 heavy (non-hydrogen) atoms. The summed E-state index contributed by atoms with van der Waals surface area (Å²) in [6, 6.07) is 3.40. The molecule has 0 radical (unpaired) electrons. The van der Waals surface area contributed by atoms with Crippen LogP contribution in [0.3, 0.4) is 0 Å². The highest BCUT2D eigenvalue weighted by atomic mass is 16.5. The number of carboxylic acid groups (broad SMARTS) is 1. The molecule has 2 rings (SSSR count). The first kappa shape index (κ1) is 14.3. The van der Waals surface area contributed by atoms with E-state index in [1.54, 1.807) is 17.0 Å². The summed E-state index contributed by atoms with van der Waals surface area (Å²) in [6.07, 6.45) is 2.84. The van der Waals surface area contributed by atoms with Gasteiger partial charge in [-0.15, -0.1) is 0 Å². The first-order valence-electron chi connectivity index (χ1n) is 6.73. The Morgan fingerprint density at radius 2 is 2.35 bits per heavy atom. The average molecular weight is 278 g/mol. The molecule has 0 bridgehead atoms. The number of piperidine rings is 1. The van der Waals surface area contributed by atoms with Crippen LogP contribution in [0.15, 0.2) is 18.3 Å². The van der Waals surface area contributed by atoms with E-state index in [1.165, 1.54) is 6.20 Å². The van der Waals surface area contributed by atoms with Crippen molar-refractivity contribution in [3.63, 3.8) is 0 Å². The molecule has 0 aliphatic carbocycles. The van der Waals surface area contributed by atoms with Crippen molar-refractivity contribution >= 4 is 11.9 Å². The predicted octanol–water partition coefficient (Wildman–Crippen LogP) is 1.42. The SMILES string of the molecule is CCOc1cccnc1C(=O)N1CCCC(C(=O)O)C1. The highest BCUT2D eigenvalue weighted by molar-refractivity contribution is 5.95. The van der Waals surface area contributed by atoms with E-state index in [-0.39, 0.29) is 18.1 Å². The quantitative estimate of drug-likeness (QED) is 0.901. The van der Waals surface area contributed by atoms with Crippen LogP contribution in [0.2, 0.25) is 0 Å². The zero-order valence-electron chi connectivity index (χ0n) is 11.4. The van der Waals surface area contributed by atoms with E-state index < -0.39 is 11.9 Å². The molecule has 6 heteroatoms. The number of hydrogen-bond acceptors (Lipinski definition) is 4. The lowest BCUT2D eigenvalue weighted by molar-refractivity contribution is -0.143. The van der Waals surface area contributed by atoms with Crippen LogP contribution in [0.5, 0.6) is 5.75 Å². The maximum absolute atomic E-state index is 12.5. The third kappa shape index (κ3) is 3.07. The summed E-state index contributed by atoms with van der Waals surface area (Å²) in [5.41, 5.74) is 0.250. The van der Waals surface area contributed by atoms with Gasteiger partial charge >= 0.3 is 5.97 Å². The minimum atomic E-state index is -0.853. The average Bonchev–Trinajstić information content (AvgIpc) is 2.47. The molecule has 1 aromatic rings. The molecular formula is C14H18N2O4. The summed E-state index contributed by atoms with van der Waals surface area (Å²) < 4.78 is 5.40. The summed E-state index contributed by atoms with van der Waals surface area (Å²) in [5, 5.41) is 9.07. The van der Waals surface area contributed by atoms with E-state index in [0.29, 0.717) is 31.7 Å². The molecule has 0 aromatic carbocycles. The minimum absolute atomic E-state index is 0.232. The van der Waals surface area contributed by atoms with Gasteiger partial charge in [0.05, 0.1) is 12.5 Å². The van der Waals surface area contributed by atoms with Gasteiger partial charge in [-0.25, -0.2) is 4.98 Å².